The highest BCUT2D eigenvalue weighted by atomic mass is 16.5. The maximum Gasteiger partial charge on any atom is 0.340 e. The van der Waals surface area contributed by atoms with Crippen LogP contribution in [0, 0.1) is 5.92 Å². The summed E-state index contributed by atoms with van der Waals surface area (Å²) < 4.78 is 10.7. The van der Waals surface area contributed by atoms with Gasteiger partial charge in [-0.1, -0.05) is 30.3 Å². The van der Waals surface area contributed by atoms with Gasteiger partial charge in [0.25, 0.3) is 0 Å². The van der Waals surface area contributed by atoms with E-state index in [0.29, 0.717) is 11.3 Å². The number of carbonyl (C=O) groups excluding carboxylic acids is 2. The van der Waals surface area contributed by atoms with Gasteiger partial charge in [0, 0.05) is 18.3 Å². The van der Waals surface area contributed by atoms with Crippen molar-refractivity contribution in [2.75, 3.05) is 33.4 Å². The van der Waals surface area contributed by atoms with Crippen molar-refractivity contribution in [3.05, 3.63) is 53.9 Å². The molecule has 2 aromatic rings. The van der Waals surface area contributed by atoms with E-state index in [-0.39, 0.29) is 25.1 Å². The van der Waals surface area contributed by atoms with Crippen LogP contribution in [0.25, 0.3) is 11.1 Å². The molecule has 6 heteroatoms. The van der Waals surface area contributed by atoms with E-state index < -0.39 is 11.9 Å². The normalized spacial score (nSPS) is 17.7. The number of nitrogens with zero attached hydrogens (tertiary/aromatic N) is 2. The maximum atomic E-state index is 12.9. The van der Waals surface area contributed by atoms with Crippen molar-refractivity contribution in [1.82, 2.24) is 9.88 Å². The summed E-state index contributed by atoms with van der Waals surface area (Å²) in [6.45, 7) is 5.75. The third-order valence-electron chi connectivity index (χ3n) is 5.26. The molecule has 1 aliphatic heterocycles. The molecule has 154 valence electrons. The first kappa shape index (κ1) is 21.0. The quantitative estimate of drug-likeness (QED) is 0.667. The van der Waals surface area contributed by atoms with E-state index in [4.69, 9.17) is 9.47 Å². The lowest BCUT2D eigenvalue weighted by atomic mass is 9.85. The number of carbonyl (C=O) groups is 2. The minimum atomic E-state index is -0.593. The summed E-state index contributed by atoms with van der Waals surface area (Å²) in [4.78, 5) is 32.5. The number of hydrogen-bond donors (Lipinski definition) is 0. The molecule has 0 saturated carbocycles. The number of esters is 2. The Bertz CT molecular complexity index is 853. The third kappa shape index (κ3) is 4.82. The van der Waals surface area contributed by atoms with Crippen molar-refractivity contribution >= 4 is 11.9 Å². The second kappa shape index (κ2) is 9.65. The number of rotatable bonds is 7. The Kier molecular flexibility index (Phi) is 6.99. The fourth-order valence-electron chi connectivity index (χ4n) is 3.88. The van der Waals surface area contributed by atoms with E-state index in [1.54, 1.807) is 26.1 Å². The third-order valence-corrected chi connectivity index (χ3v) is 5.26. The van der Waals surface area contributed by atoms with Gasteiger partial charge in [-0.05, 0) is 51.4 Å². The maximum absolute atomic E-state index is 12.9. The van der Waals surface area contributed by atoms with E-state index in [2.05, 4.69) is 9.88 Å². The zero-order valence-electron chi connectivity index (χ0n) is 17.3. The Morgan fingerprint density at radius 1 is 1.14 bits per heavy atom. The average molecular weight is 396 g/mol. The molecule has 1 aromatic heterocycles. The van der Waals surface area contributed by atoms with E-state index in [9.17, 15) is 9.59 Å². The molecule has 29 heavy (non-hydrogen) atoms. The molecule has 1 aromatic carbocycles. The largest absolute Gasteiger partial charge is 0.465 e. The van der Waals surface area contributed by atoms with Gasteiger partial charge in [0.15, 0.2) is 0 Å². The lowest BCUT2D eigenvalue weighted by molar-refractivity contribution is -0.146. The van der Waals surface area contributed by atoms with Gasteiger partial charge >= 0.3 is 11.9 Å². The summed E-state index contributed by atoms with van der Waals surface area (Å²) in [6, 6.07) is 11.5. The van der Waals surface area contributed by atoms with Gasteiger partial charge < -0.3 is 14.4 Å². The van der Waals surface area contributed by atoms with Gasteiger partial charge in [-0.25, -0.2) is 4.79 Å². The Hall–Kier alpha value is -2.73. The number of likely N-dealkylation sites (tertiary alicyclic amines) is 1. The van der Waals surface area contributed by atoms with Gasteiger partial charge in [0.2, 0.25) is 0 Å². The number of benzene rings is 1. The van der Waals surface area contributed by atoms with Crippen molar-refractivity contribution in [2.24, 2.45) is 5.92 Å². The average Bonchev–Trinajstić information content (AvgIpc) is 3.15. The van der Waals surface area contributed by atoms with E-state index in [1.165, 1.54) is 0 Å². The smallest absolute Gasteiger partial charge is 0.340 e. The first-order valence-electron chi connectivity index (χ1n) is 10.1. The highest BCUT2D eigenvalue weighted by Gasteiger charge is 2.38. The topological polar surface area (TPSA) is 68.7 Å². The summed E-state index contributed by atoms with van der Waals surface area (Å²) in [5.41, 5.74) is 2.54. The van der Waals surface area contributed by atoms with Crippen LogP contribution in [0.4, 0.5) is 0 Å². The van der Waals surface area contributed by atoms with Crippen LogP contribution in [0.1, 0.15) is 42.2 Å². The number of hydrogen-bond acceptors (Lipinski definition) is 6. The van der Waals surface area contributed by atoms with Crippen molar-refractivity contribution in [3.8, 4) is 11.1 Å². The molecule has 3 rings (SSSR count). The lowest BCUT2D eigenvalue weighted by Gasteiger charge is -2.23. The SMILES string of the molecule is CCOC(=O)c1cc(-c2ccccc2)cnc1C(C(=O)OCC)C1CCN(C)C1. The molecule has 0 spiro atoms. The molecule has 0 N–H and O–H groups in total. The first-order valence-corrected chi connectivity index (χ1v) is 10.1. The lowest BCUT2D eigenvalue weighted by Crippen LogP contribution is -2.29. The van der Waals surface area contributed by atoms with Crippen LogP contribution in [0.5, 0.6) is 0 Å². The minimum absolute atomic E-state index is 0.0438. The molecular formula is C23H28N2O4. The number of aromatic nitrogens is 1. The fraction of sp³-hybridized carbons (Fsp3) is 0.435. The monoisotopic (exact) mass is 396 g/mol. The first-order chi connectivity index (χ1) is 14.0. The Morgan fingerprint density at radius 3 is 2.48 bits per heavy atom. The molecule has 0 bridgehead atoms. The molecule has 0 aliphatic carbocycles. The van der Waals surface area contributed by atoms with Gasteiger partial charge in [-0.2, -0.15) is 0 Å². The molecular weight excluding hydrogens is 368 g/mol. The Morgan fingerprint density at radius 2 is 1.86 bits per heavy atom. The van der Waals surface area contributed by atoms with Crippen molar-refractivity contribution in [3.63, 3.8) is 0 Å². The molecule has 6 nitrogen and oxygen atoms in total. The van der Waals surface area contributed by atoms with Crippen molar-refractivity contribution in [2.45, 2.75) is 26.2 Å². The summed E-state index contributed by atoms with van der Waals surface area (Å²) in [5.74, 6) is -1.35. The summed E-state index contributed by atoms with van der Waals surface area (Å²) >= 11 is 0. The summed E-state index contributed by atoms with van der Waals surface area (Å²) in [7, 11) is 2.03. The zero-order valence-corrected chi connectivity index (χ0v) is 17.3. The predicted octanol–water partition coefficient (Wildman–Crippen LogP) is 3.52. The second-order valence-corrected chi connectivity index (χ2v) is 7.28. The van der Waals surface area contributed by atoms with Crippen molar-refractivity contribution < 1.29 is 19.1 Å². The molecule has 1 aliphatic rings. The van der Waals surface area contributed by atoms with Gasteiger partial charge in [0.1, 0.15) is 5.92 Å². The van der Waals surface area contributed by atoms with Crippen LogP contribution in [-0.4, -0.2) is 55.2 Å². The molecule has 0 amide bonds. The molecule has 0 radical (unpaired) electrons. The summed E-state index contributed by atoms with van der Waals surface area (Å²) in [6.07, 6.45) is 2.57. The highest BCUT2D eigenvalue weighted by molar-refractivity contribution is 5.94. The van der Waals surface area contributed by atoms with Crippen molar-refractivity contribution in [1.29, 1.82) is 0 Å². The number of pyridine rings is 1. The summed E-state index contributed by atoms with van der Waals surface area (Å²) in [5, 5.41) is 0. The highest BCUT2D eigenvalue weighted by Crippen LogP contribution is 2.35. The Labute approximate surface area is 171 Å². The Balaban J connectivity index is 2.08. The van der Waals surface area contributed by atoms with E-state index >= 15 is 0 Å². The van der Waals surface area contributed by atoms with Gasteiger partial charge in [-0.15, -0.1) is 0 Å². The molecule has 2 heterocycles. The fourth-order valence-corrected chi connectivity index (χ4v) is 3.88. The molecule has 2 unspecified atom stereocenters. The zero-order chi connectivity index (χ0) is 20.8. The van der Waals surface area contributed by atoms with Gasteiger partial charge in [-0.3, -0.25) is 9.78 Å². The number of ether oxygens (including phenoxy) is 2. The predicted molar refractivity (Wildman–Crippen MR) is 111 cm³/mol. The van der Waals surface area contributed by atoms with Gasteiger partial charge in [0.05, 0.1) is 24.5 Å². The van der Waals surface area contributed by atoms with E-state index in [0.717, 1.165) is 30.6 Å². The van der Waals surface area contributed by atoms with E-state index in [1.807, 2.05) is 37.4 Å². The van der Waals surface area contributed by atoms with Crippen LogP contribution in [0.2, 0.25) is 0 Å². The standard InChI is InChI=1S/C23H28N2O4/c1-4-28-22(26)19-13-18(16-9-7-6-8-10-16)14-24-21(19)20(23(27)29-5-2)17-11-12-25(3)15-17/h6-10,13-14,17,20H,4-5,11-12,15H2,1-3H3. The minimum Gasteiger partial charge on any atom is -0.465 e. The second-order valence-electron chi connectivity index (χ2n) is 7.28. The van der Waals surface area contributed by atoms with Crippen LogP contribution in [0.15, 0.2) is 42.6 Å². The van der Waals surface area contributed by atoms with Crippen LogP contribution in [0.3, 0.4) is 0 Å². The van der Waals surface area contributed by atoms with Crippen LogP contribution < -0.4 is 0 Å². The van der Waals surface area contributed by atoms with Crippen LogP contribution in [-0.2, 0) is 14.3 Å². The van der Waals surface area contributed by atoms with Crippen LogP contribution >= 0.6 is 0 Å². The molecule has 1 saturated heterocycles. The molecule has 1 fully saturated rings. The molecule has 2 atom stereocenters.